The van der Waals surface area contributed by atoms with E-state index in [0.717, 1.165) is 0 Å². The van der Waals surface area contributed by atoms with Gasteiger partial charge in [-0.25, -0.2) is 8.42 Å². The van der Waals surface area contributed by atoms with Crippen LogP contribution in [-0.2, 0) is 19.3 Å². The zero-order chi connectivity index (χ0) is 8.91. The molecule has 0 radical (unpaired) electrons. The molecule has 0 fully saturated rings. The van der Waals surface area contributed by atoms with Gasteiger partial charge < -0.3 is 9.29 Å². The minimum atomic E-state index is -4.57. The van der Waals surface area contributed by atoms with Gasteiger partial charge in [-0.05, 0) is 6.42 Å². The van der Waals surface area contributed by atoms with Crippen LogP contribution in [0.15, 0.2) is 0 Å². The van der Waals surface area contributed by atoms with E-state index in [2.05, 4.69) is 4.18 Å². The Morgan fingerprint density at radius 2 is 2.09 bits per heavy atom. The molecule has 0 aliphatic carbocycles. The molecule has 68 valence electrons. The first-order chi connectivity index (χ1) is 4.99. The van der Waals surface area contributed by atoms with Crippen molar-refractivity contribution in [2.45, 2.75) is 19.4 Å². The number of ether oxygens (including phenoxy) is 1. The van der Waals surface area contributed by atoms with Crippen LogP contribution in [0.25, 0.3) is 0 Å². The molecule has 0 spiro atoms. The molecule has 0 aromatic rings. The third-order valence-corrected chi connectivity index (χ3v) is 1.61. The highest BCUT2D eigenvalue weighted by Crippen LogP contribution is 1.98. The van der Waals surface area contributed by atoms with E-state index in [1.165, 1.54) is 7.11 Å². The molecule has 1 atom stereocenters. The molecule has 0 bridgehead atoms. The average Bonchev–Trinajstić information content (AvgIpc) is 1.88. The number of hydrogen-bond acceptors (Lipinski definition) is 5. The fourth-order valence-corrected chi connectivity index (χ4v) is 0.830. The zero-order valence-corrected chi connectivity index (χ0v) is 7.26. The summed E-state index contributed by atoms with van der Waals surface area (Å²) in [6, 6.07) is 0. The molecule has 0 N–H and O–H groups in total. The molecule has 6 heteroatoms. The van der Waals surface area contributed by atoms with Gasteiger partial charge in [0.1, 0.15) is 0 Å². The number of hydrogen-bond donors (Lipinski definition) is 0. The first-order valence-electron chi connectivity index (χ1n) is 3.12. The Bertz CT molecular complexity index is 181. The number of rotatable bonds is 5. The summed E-state index contributed by atoms with van der Waals surface area (Å²) in [5.74, 6) is 0. The van der Waals surface area contributed by atoms with Crippen LogP contribution in [0.2, 0.25) is 0 Å². The first kappa shape index (κ1) is 10.8. The quantitative estimate of drug-likeness (QED) is 0.439. The van der Waals surface area contributed by atoms with Crippen LogP contribution in [0.1, 0.15) is 13.3 Å². The molecule has 0 aliphatic heterocycles. The standard InChI is InChI=1S/C5H12O5S/c1-3-5(9-2)4-10-11(6,7)8/h5H,3-4H2,1-2H3,(H,6,7,8)/p-1. The highest BCUT2D eigenvalue weighted by atomic mass is 32.3. The van der Waals surface area contributed by atoms with Crippen LogP contribution >= 0.6 is 0 Å². The highest BCUT2D eigenvalue weighted by molar-refractivity contribution is 7.80. The van der Waals surface area contributed by atoms with Crippen molar-refractivity contribution in [3.8, 4) is 0 Å². The van der Waals surface area contributed by atoms with Crippen molar-refractivity contribution in [1.82, 2.24) is 0 Å². The smallest absolute Gasteiger partial charge is 0.217 e. The van der Waals surface area contributed by atoms with Crippen molar-refractivity contribution < 1.29 is 21.9 Å². The maximum atomic E-state index is 9.93. The molecule has 0 amide bonds. The third kappa shape index (κ3) is 6.24. The van der Waals surface area contributed by atoms with Crippen LogP contribution in [-0.4, -0.2) is 32.8 Å². The van der Waals surface area contributed by atoms with Gasteiger partial charge in [0.15, 0.2) is 0 Å². The Labute approximate surface area is 66.3 Å². The zero-order valence-electron chi connectivity index (χ0n) is 6.44. The Morgan fingerprint density at radius 1 is 1.55 bits per heavy atom. The van der Waals surface area contributed by atoms with Gasteiger partial charge in [0.25, 0.3) is 0 Å². The fourth-order valence-electron chi connectivity index (χ4n) is 0.512. The normalized spacial score (nSPS) is 14.8. The maximum Gasteiger partial charge on any atom is 0.217 e. The lowest BCUT2D eigenvalue weighted by atomic mass is 10.3. The van der Waals surface area contributed by atoms with Crippen molar-refractivity contribution in [1.29, 1.82) is 0 Å². The second kappa shape index (κ2) is 4.66. The molecule has 11 heavy (non-hydrogen) atoms. The van der Waals surface area contributed by atoms with E-state index in [-0.39, 0.29) is 12.7 Å². The van der Waals surface area contributed by atoms with E-state index in [1.807, 2.05) is 0 Å². The van der Waals surface area contributed by atoms with Crippen molar-refractivity contribution in [3.05, 3.63) is 0 Å². The van der Waals surface area contributed by atoms with Gasteiger partial charge in [-0.3, -0.25) is 4.18 Å². The summed E-state index contributed by atoms with van der Waals surface area (Å²) in [6.45, 7) is 1.59. The second-order valence-electron chi connectivity index (χ2n) is 1.96. The van der Waals surface area contributed by atoms with E-state index in [9.17, 15) is 13.0 Å². The minimum Gasteiger partial charge on any atom is -0.726 e. The van der Waals surface area contributed by atoms with Gasteiger partial charge in [-0.1, -0.05) is 6.92 Å². The molecular weight excluding hydrogens is 172 g/mol. The molecule has 1 unspecified atom stereocenters. The van der Waals surface area contributed by atoms with Gasteiger partial charge >= 0.3 is 0 Å². The molecule has 0 rings (SSSR count). The predicted molar refractivity (Wildman–Crippen MR) is 36.7 cm³/mol. The van der Waals surface area contributed by atoms with Gasteiger partial charge in [0, 0.05) is 7.11 Å². The lowest BCUT2D eigenvalue weighted by Crippen LogP contribution is -2.19. The summed E-state index contributed by atoms with van der Waals surface area (Å²) < 4.78 is 38.5. The summed E-state index contributed by atoms with van der Waals surface area (Å²) in [6.07, 6.45) is 0.269. The average molecular weight is 183 g/mol. The molecule has 0 aromatic heterocycles. The molecular formula is C5H11O5S-. The predicted octanol–water partition coefficient (Wildman–Crippen LogP) is -0.112. The van der Waals surface area contributed by atoms with Crippen LogP contribution in [0.3, 0.4) is 0 Å². The van der Waals surface area contributed by atoms with E-state index in [0.29, 0.717) is 6.42 Å². The van der Waals surface area contributed by atoms with E-state index >= 15 is 0 Å². The van der Waals surface area contributed by atoms with Gasteiger partial charge in [0.05, 0.1) is 12.7 Å². The molecule has 0 saturated heterocycles. The Hall–Kier alpha value is -0.170. The highest BCUT2D eigenvalue weighted by Gasteiger charge is 2.05. The second-order valence-corrected chi connectivity index (χ2v) is 3.01. The Morgan fingerprint density at radius 3 is 2.36 bits per heavy atom. The Balaban J connectivity index is 3.69. The van der Waals surface area contributed by atoms with E-state index < -0.39 is 10.4 Å². The lowest BCUT2D eigenvalue weighted by Gasteiger charge is -2.14. The van der Waals surface area contributed by atoms with Crippen molar-refractivity contribution >= 4 is 10.4 Å². The fraction of sp³-hybridized carbons (Fsp3) is 1.00. The van der Waals surface area contributed by atoms with Crippen molar-refractivity contribution in [2.24, 2.45) is 0 Å². The van der Waals surface area contributed by atoms with Crippen LogP contribution in [0, 0.1) is 0 Å². The van der Waals surface area contributed by atoms with Crippen LogP contribution in [0.4, 0.5) is 0 Å². The molecule has 5 nitrogen and oxygen atoms in total. The SMILES string of the molecule is CCC(COS(=O)(=O)[O-])OC. The van der Waals surface area contributed by atoms with Gasteiger partial charge in [-0.2, -0.15) is 0 Å². The van der Waals surface area contributed by atoms with Crippen molar-refractivity contribution in [3.63, 3.8) is 0 Å². The number of methoxy groups -OCH3 is 1. The first-order valence-corrected chi connectivity index (χ1v) is 4.46. The molecule has 0 heterocycles. The Kier molecular flexibility index (Phi) is 4.58. The largest absolute Gasteiger partial charge is 0.726 e. The monoisotopic (exact) mass is 183 g/mol. The summed E-state index contributed by atoms with van der Waals surface area (Å²) in [5.41, 5.74) is 0. The van der Waals surface area contributed by atoms with E-state index in [1.54, 1.807) is 6.92 Å². The summed E-state index contributed by atoms with van der Waals surface area (Å²) >= 11 is 0. The molecule has 0 aliphatic rings. The summed E-state index contributed by atoms with van der Waals surface area (Å²) in [4.78, 5) is 0. The molecule has 0 aromatic carbocycles. The minimum absolute atomic E-state index is 0.209. The molecule has 0 saturated carbocycles. The summed E-state index contributed by atoms with van der Waals surface area (Å²) in [5, 5.41) is 0. The summed E-state index contributed by atoms with van der Waals surface area (Å²) in [7, 11) is -3.14. The van der Waals surface area contributed by atoms with Crippen LogP contribution < -0.4 is 0 Å². The van der Waals surface area contributed by atoms with Crippen molar-refractivity contribution in [2.75, 3.05) is 13.7 Å². The third-order valence-electron chi connectivity index (χ3n) is 1.19. The van der Waals surface area contributed by atoms with E-state index in [4.69, 9.17) is 4.74 Å². The lowest BCUT2D eigenvalue weighted by molar-refractivity contribution is 0.0530. The van der Waals surface area contributed by atoms with Gasteiger partial charge in [0.2, 0.25) is 10.4 Å². The van der Waals surface area contributed by atoms with Crippen LogP contribution in [0.5, 0.6) is 0 Å². The maximum absolute atomic E-state index is 9.93. The topological polar surface area (TPSA) is 75.7 Å². The van der Waals surface area contributed by atoms with Gasteiger partial charge in [-0.15, -0.1) is 0 Å².